The molecule has 2 aromatic heterocycles. The fourth-order valence-corrected chi connectivity index (χ4v) is 5.14. The van der Waals surface area contributed by atoms with Crippen LogP contribution in [0.1, 0.15) is 31.7 Å². The SMILES string of the molecule is CCCCn1cc2c(n1)c(N)nc1cccc(CCCS(=O)(=O)c3ccccc3)c12. The molecule has 0 unspecified atom stereocenters. The maximum absolute atomic E-state index is 12.6. The van der Waals surface area contributed by atoms with Crippen LogP contribution in [0.5, 0.6) is 0 Å². The van der Waals surface area contributed by atoms with Gasteiger partial charge in [0.2, 0.25) is 0 Å². The summed E-state index contributed by atoms with van der Waals surface area (Å²) in [6, 6.07) is 14.5. The number of pyridine rings is 1. The number of rotatable bonds is 8. The zero-order valence-corrected chi connectivity index (χ0v) is 17.9. The number of fused-ring (bicyclic) bond motifs is 3. The molecule has 4 rings (SSSR count). The molecular formula is C23H26N4O2S. The largest absolute Gasteiger partial charge is 0.382 e. The van der Waals surface area contributed by atoms with E-state index in [1.54, 1.807) is 24.3 Å². The lowest BCUT2D eigenvalue weighted by Gasteiger charge is -2.09. The van der Waals surface area contributed by atoms with Gasteiger partial charge in [-0.2, -0.15) is 5.10 Å². The minimum atomic E-state index is -3.29. The average Bonchev–Trinajstić information content (AvgIpc) is 3.18. The molecular weight excluding hydrogens is 396 g/mol. The molecule has 4 aromatic rings. The van der Waals surface area contributed by atoms with Crippen LogP contribution in [0.4, 0.5) is 5.82 Å². The van der Waals surface area contributed by atoms with Crippen LogP contribution in [-0.4, -0.2) is 28.9 Å². The summed E-state index contributed by atoms with van der Waals surface area (Å²) in [5.74, 6) is 0.533. The van der Waals surface area contributed by atoms with Gasteiger partial charge in [0.15, 0.2) is 15.7 Å². The van der Waals surface area contributed by atoms with E-state index in [9.17, 15) is 8.42 Å². The van der Waals surface area contributed by atoms with Crippen LogP contribution in [0.25, 0.3) is 21.8 Å². The minimum Gasteiger partial charge on any atom is -0.382 e. The summed E-state index contributed by atoms with van der Waals surface area (Å²) >= 11 is 0. The predicted octanol–water partition coefficient (Wildman–Crippen LogP) is 4.37. The van der Waals surface area contributed by atoms with E-state index in [-0.39, 0.29) is 5.75 Å². The summed E-state index contributed by atoms with van der Waals surface area (Å²) in [4.78, 5) is 4.92. The van der Waals surface area contributed by atoms with Gasteiger partial charge in [-0.1, -0.05) is 43.7 Å². The Hall–Kier alpha value is -2.93. The second-order valence-corrected chi connectivity index (χ2v) is 9.66. The number of sulfone groups is 1. The first-order valence-electron chi connectivity index (χ1n) is 10.3. The van der Waals surface area contributed by atoms with Crippen LogP contribution >= 0.6 is 0 Å². The lowest BCUT2D eigenvalue weighted by Crippen LogP contribution is -2.07. The topological polar surface area (TPSA) is 90.9 Å². The molecule has 7 heteroatoms. The lowest BCUT2D eigenvalue weighted by molar-refractivity contribution is 0.577. The second-order valence-electron chi connectivity index (χ2n) is 7.55. The standard InChI is InChI=1S/C23H26N4O2S/c1-2-3-14-27-16-19-21-17(9-7-13-20(21)25-23(24)22(19)26-27)10-8-15-30(28,29)18-11-5-4-6-12-18/h4-7,9,11-13,16H,2-3,8,10,14-15H2,1H3,(H2,24,25). The van der Waals surface area contributed by atoms with Crippen molar-refractivity contribution >= 4 is 37.5 Å². The number of nitrogen functional groups attached to an aromatic ring is 1. The van der Waals surface area contributed by atoms with Crippen molar-refractivity contribution < 1.29 is 8.42 Å². The molecule has 0 aliphatic heterocycles. The van der Waals surface area contributed by atoms with Gasteiger partial charge in [-0.25, -0.2) is 13.4 Å². The van der Waals surface area contributed by atoms with Gasteiger partial charge in [0.1, 0.15) is 5.52 Å². The van der Waals surface area contributed by atoms with Crippen molar-refractivity contribution in [1.29, 1.82) is 0 Å². The summed E-state index contributed by atoms with van der Waals surface area (Å²) in [5.41, 5.74) is 8.77. The molecule has 0 atom stereocenters. The van der Waals surface area contributed by atoms with Crippen molar-refractivity contribution in [3.8, 4) is 0 Å². The molecule has 0 aliphatic rings. The van der Waals surface area contributed by atoms with Crippen molar-refractivity contribution in [3.63, 3.8) is 0 Å². The number of benzene rings is 2. The van der Waals surface area contributed by atoms with Gasteiger partial charge in [-0.3, -0.25) is 4.68 Å². The Labute approximate surface area is 176 Å². The fraction of sp³-hybridized carbons (Fsp3) is 0.304. The van der Waals surface area contributed by atoms with Crippen LogP contribution in [0.3, 0.4) is 0 Å². The molecule has 2 N–H and O–H groups in total. The first-order chi connectivity index (χ1) is 14.5. The average molecular weight is 423 g/mol. The molecule has 2 aromatic carbocycles. The Balaban J connectivity index is 1.65. The summed E-state index contributed by atoms with van der Waals surface area (Å²) in [5, 5.41) is 6.63. The molecule has 0 spiro atoms. The highest BCUT2D eigenvalue weighted by atomic mass is 32.2. The van der Waals surface area contributed by atoms with Gasteiger partial charge < -0.3 is 5.73 Å². The highest BCUT2D eigenvalue weighted by Gasteiger charge is 2.16. The van der Waals surface area contributed by atoms with Crippen molar-refractivity contribution in [2.24, 2.45) is 0 Å². The van der Waals surface area contributed by atoms with Crippen molar-refractivity contribution in [1.82, 2.24) is 14.8 Å². The van der Waals surface area contributed by atoms with E-state index >= 15 is 0 Å². The van der Waals surface area contributed by atoms with Crippen molar-refractivity contribution in [2.75, 3.05) is 11.5 Å². The summed E-state index contributed by atoms with van der Waals surface area (Å²) in [6.07, 6.45) is 5.35. The number of hydrogen-bond donors (Lipinski definition) is 1. The quantitative estimate of drug-likeness (QED) is 0.455. The van der Waals surface area contributed by atoms with Gasteiger partial charge in [-0.05, 0) is 43.0 Å². The highest BCUT2D eigenvalue weighted by Crippen LogP contribution is 2.30. The Morgan fingerprint density at radius 2 is 1.83 bits per heavy atom. The van der Waals surface area contributed by atoms with Gasteiger partial charge in [-0.15, -0.1) is 0 Å². The Morgan fingerprint density at radius 1 is 1.03 bits per heavy atom. The van der Waals surface area contributed by atoms with E-state index in [0.29, 0.717) is 29.1 Å². The second kappa shape index (κ2) is 8.44. The van der Waals surface area contributed by atoms with Crippen LogP contribution in [0, 0.1) is 0 Å². The highest BCUT2D eigenvalue weighted by molar-refractivity contribution is 7.91. The zero-order chi connectivity index (χ0) is 21.1. The van der Waals surface area contributed by atoms with E-state index in [1.807, 2.05) is 35.1 Å². The number of aryl methyl sites for hydroxylation is 2. The smallest absolute Gasteiger partial charge is 0.178 e. The normalized spacial score (nSPS) is 12.0. The predicted molar refractivity (Wildman–Crippen MR) is 121 cm³/mol. The summed E-state index contributed by atoms with van der Waals surface area (Å²) < 4.78 is 27.1. The third kappa shape index (κ3) is 4.03. The molecule has 156 valence electrons. The van der Waals surface area contributed by atoms with Gasteiger partial charge in [0.05, 0.1) is 16.2 Å². The number of nitrogens with two attached hydrogens (primary N) is 1. The molecule has 0 bridgehead atoms. The van der Waals surface area contributed by atoms with Crippen molar-refractivity contribution in [3.05, 3.63) is 60.3 Å². The number of nitrogens with zero attached hydrogens (tertiary/aromatic N) is 3. The van der Waals surface area contributed by atoms with E-state index in [1.165, 1.54) is 0 Å². The first kappa shape index (κ1) is 20.3. The molecule has 2 heterocycles. The fourth-order valence-electron chi connectivity index (χ4n) is 3.81. The summed E-state index contributed by atoms with van der Waals surface area (Å²) in [6.45, 7) is 2.99. The molecule has 0 amide bonds. The van der Waals surface area contributed by atoms with E-state index in [2.05, 4.69) is 17.0 Å². The van der Waals surface area contributed by atoms with Crippen LogP contribution in [-0.2, 0) is 22.8 Å². The molecule has 6 nitrogen and oxygen atoms in total. The Bertz CT molecular complexity index is 1280. The van der Waals surface area contributed by atoms with Gasteiger partial charge in [0.25, 0.3) is 0 Å². The molecule has 0 radical (unpaired) electrons. The molecule has 0 aliphatic carbocycles. The Morgan fingerprint density at radius 3 is 2.60 bits per heavy atom. The van der Waals surface area contributed by atoms with E-state index < -0.39 is 9.84 Å². The number of hydrogen-bond acceptors (Lipinski definition) is 5. The minimum absolute atomic E-state index is 0.106. The van der Waals surface area contributed by atoms with Crippen LogP contribution in [0.2, 0.25) is 0 Å². The molecule has 0 saturated carbocycles. The number of anilines is 1. The Kier molecular flexibility index (Phi) is 5.72. The van der Waals surface area contributed by atoms with Crippen LogP contribution < -0.4 is 5.73 Å². The first-order valence-corrected chi connectivity index (χ1v) is 12.0. The maximum Gasteiger partial charge on any atom is 0.178 e. The van der Waals surface area contributed by atoms with Crippen LogP contribution in [0.15, 0.2) is 59.6 Å². The lowest BCUT2D eigenvalue weighted by atomic mass is 10.0. The van der Waals surface area contributed by atoms with E-state index in [4.69, 9.17) is 5.73 Å². The monoisotopic (exact) mass is 422 g/mol. The molecule has 0 fully saturated rings. The molecule has 0 saturated heterocycles. The summed E-state index contributed by atoms with van der Waals surface area (Å²) in [7, 11) is -3.29. The number of unbranched alkanes of at least 4 members (excludes halogenated alkanes) is 1. The van der Waals surface area contributed by atoms with E-state index in [0.717, 1.165) is 41.2 Å². The third-order valence-electron chi connectivity index (χ3n) is 5.35. The zero-order valence-electron chi connectivity index (χ0n) is 17.1. The third-order valence-corrected chi connectivity index (χ3v) is 7.16. The van der Waals surface area contributed by atoms with Gasteiger partial charge >= 0.3 is 0 Å². The van der Waals surface area contributed by atoms with Crippen molar-refractivity contribution in [2.45, 2.75) is 44.0 Å². The van der Waals surface area contributed by atoms with Gasteiger partial charge in [0, 0.05) is 23.5 Å². The number of aromatic nitrogens is 3. The molecule has 30 heavy (non-hydrogen) atoms. The maximum atomic E-state index is 12.6.